The van der Waals surface area contributed by atoms with Crippen LogP contribution in [0.15, 0.2) is 30.3 Å². The van der Waals surface area contributed by atoms with Gasteiger partial charge in [0.2, 0.25) is 0 Å². The lowest BCUT2D eigenvalue weighted by Gasteiger charge is -2.69. The molecular formula is C31H43NO10. The van der Waals surface area contributed by atoms with E-state index in [1.165, 1.54) is 7.11 Å². The zero-order chi connectivity index (χ0) is 30.0. The summed E-state index contributed by atoms with van der Waals surface area (Å²) in [5.74, 6) is -2.96. The molecule has 0 aromatic heterocycles. The summed E-state index contributed by atoms with van der Waals surface area (Å²) in [6, 6.07) is 8.22. The first-order chi connectivity index (χ1) is 20.0. The summed E-state index contributed by atoms with van der Waals surface area (Å²) in [4.78, 5) is 15.7. The quantitative estimate of drug-likeness (QED) is 0.311. The van der Waals surface area contributed by atoms with Crippen LogP contribution in [0, 0.1) is 34.5 Å². The zero-order valence-corrected chi connectivity index (χ0v) is 24.8. The van der Waals surface area contributed by atoms with Crippen molar-refractivity contribution in [3.05, 3.63) is 35.9 Å². The second kappa shape index (κ2) is 9.42. The summed E-state index contributed by atoms with van der Waals surface area (Å²) in [7, 11) is 8.22. The Hall–Kier alpha value is -1.67. The highest BCUT2D eigenvalue weighted by Gasteiger charge is 2.91. The topological polar surface area (TPSA) is 147 Å². The third kappa shape index (κ3) is 3.05. The first-order valence-corrected chi connectivity index (χ1v) is 14.9. The molecule has 1 aromatic carbocycles. The number of hydrogen-bond donors (Lipinski definition) is 4. The number of fused-ring (bicyclic) bond motifs is 2. The number of aliphatic hydroxyl groups excluding tert-OH is 2. The van der Waals surface area contributed by atoms with Crippen LogP contribution in [0.3, 0.4) is 0 Å². The lowest BCUT2D eigenvalue weighted by molar-refractivity contribution is -0.318. The number of piperidine rings is 1. The molecule has 232 valence electrons. The molecule has 7 bridgehead atoms. The fraction of sp³-hybridized carbons (Fsp3) is 0.774. The van der Waals surface area contributed by atoms with Crippen molar-refractivity contribution in [2.45, 2.75) is 66.7 Å². The standard InChI is InChI=1S/C31H43NO10/c1-32-13-28(14-38-2)17(33)11-18(39-3)30-16-12-29(36)25(42-27(35)15-9-7-6-8-10-15)19(16)31(37,24(34)26(29)41-5)20(23(30)32)21(40-4)22(28)30/h6-10,16-26,33-34,36-37H,11-14H2,1-5H3/t16-,17-,18+,19-,20+,21+,22-,23-,24+,25-,26+,28+,29+,30+,31-/m1/s1. The number of likely N-dealkylation sites (tertiary alicyclic amines) is 1. The van der Waals surface area contributed by atoms with Gasteiger partial charge in [0.25, 0.3) is 0 Å². The molecule has 42 heavy (non-hydrogen) atoms. The molecule has 5 saturated carbocycles. The number of methoxy groups -OCH3 is 4. The van der Waals surface area contributed by atoms with Crippen molar-refractivity contribution in [3.63, 3.8) is 0 Å². The molecule has 15 atom stereocenters. The largest absolute Gasteiger partial charge is 0.455 e. The third-order valence-corrected chi connectivity index (χ3v) is 12.6. The normalized spacial score (nSPS) is 53.7. The number of carbonyl (C=O) groups is 1. The number of esters is 1. The molecule has 1 spiro atoms. The van der Waals surface area contributed by atoms with Gasteiger partial charge in [0.15, 0.2) is 0 Å². The predicted octanol–water partition coefficient (Wildman–Crippen LogP) is -0.313. The fourth-order valence-electron chi connectivity index (χ4n) is 11.8. The van der Waals surface area contributed by atoms with Gasteiger partial charge in [-0.1, -0.05) is 18.2 Å². The van der Waals surface area contributed by atoms with Crippen molar-refractivity contribution >= 4 is 5.97 Å². The van der Waals surface area contributed by atoms with Crippen LogP contribution in [0.25, 0.3) is 0 Å². The second-order valence-corrected chi connectivity index (χ2v) is 13.7. The Kier molecular flexibility index (Phi) is 6.52. The Morgan fingerprint density at radius 1 is 1.00 bits per heavy atom. The van der Waals surface area contributed by atoms with Crippen LogP contribution in [0.5, 0.6) is 0 Å². The number of hydrogen-bond acceptors (Lipinski definition) is 11. The van der Waals surface area contributed by atoms with E-state index in [1.54, 1.807) is 51.7 Å². The molecular weight excluding hydrogens is 546 g/mol. The molecule has 6 fully saturated rings. The van der Waals surface area contributed by atoms with Gasteiger partial charge in [0, 0.05) is 76.0 Å². The van der Waals surface area contributed by atoms with Gasteiger partial charge in [0.05, 0.1) is 30.5 Å². The zero-order valence-electron chi connectivity index (χ0n) is 24.8. The van der Waals surface area contributed by atoms with Gasteiger partial charge in [-0.2, -0.15) is 0 Å². The van der Waals surface area contributed by atoms with Crippen LogP contribution in [0.4, 0.5) is 0 Å². The number of ether oxygens (including phenoxy) is 5. The fourth-order valence-corrected chi connectivity index (χ4v) is 11.8. The summed E-state index contributed by atoms with van der Waals surface area (Å²) < 4.78 is 30.3. The number of nitrogens with zero attached hydrogens (tertiary/aromatic N) is 1. The van der Waals surface area contributed by atoms with Crippen LogP contribution in [0.1, 0.15) is 23.2 Å². The second-order valence-electron chi connectivity index (χ2n) is 13.7. The highest BCUT2D eigenvalue weighted by atomic mass is 16.6. The Morgan fingerprint density at radius 3 is 2.33 bits per heavy atom. The van der Waals surface area contributed by atoms with E-state index in [0.717, 1.165) is 0 Å². The van der Waals surface area contributed by atoms with Crippen molar-refractivity contribution in [1.82, 2.24) is 4.90 Å². The average molecular weight is 590 g/mol. The minimum atomic E-state index is -1.86. The summed E-state index contributed by atoms with van der Waals surface area (Å²) >= 11 is 0. The first kappa shape index (κ1) is 29.1. The average Bonchev–Trinajstić information content (AvgIpc) is 3.37. The molecule has 1 aromatic rings. The van der Waals surface area contributed by atoms with Crippen LogP contribution in [-0.2, 0) is 23.7 Å². The van der Waals surface area contributed by atoms with Crippen molar-refractivity contribution in [2.24, 2.45) is 34.5 Å². The summed E-state index contributed by atoms with van der Waals surface area (Å²) in [5.41, 5.74) is -4.81. The maximum atomic E-state index is 13.5. The molecule has 0 amide bonds. The van der Waals surface area contributed by atoms with Crippen molar-refractivity contribution < 1.29 is 48.9 Å². The molecule has 6 aliphatic rings. The van der Waals surface area contributed by atoms with Crippen LogP contribution < -0.4 is 0 Å². The van der Waals surface area contributed by atoms with E-state index in [4.69, 9.17) is 23.7 Å². The number of benzene rings is 1. The van der Waals surface area contributed by atoms with Crippen molar-refractivity contribution in [2.75, 3.05) is 48.6 Å². The lowest BCUT2D eigenvalue weighted by Crippen LogP contribution is -2.80. The molecule has 5 aliphatic carbocycles. The van der Waals surface area contributed by atoms with E-state index in [0.29, 0.717) is 18.5 Å². The van der Waals surface area contributed by atoms with Gasteiger partial charge in [-0.15, -0.1) is 0 Å². The van der Waals surface area contributed by atoms with Crippen LogP contribution in [0.2, 0.25) is 0 Å². The molecule has 0 unspecified atom stereocenters. The summed E-state index contributed by atoms with van der Waals surface area (Å²) in [6.45, 7) is 0.760. The number of carbonyl (C=O) groups excluding carboxylic acids is 1. The molecule has 7 rings (SSSR count). The Bertz CT molecular complexity index is 1240. The van der Waals surface area contributed by atoms with Gasteiger partial charge >= 0.3 is 5.97 Å². The number of aliphatic hydroxyl groups is 4. The minimum absolute atomic E-state index is 0.102. The van der Waals surface area contributed by atoms with Gasteiger partial charge in [-0.05, 0) is 31.5 Å². The first-order valence-electron chi connectivity index (χ1n) is 14.9. The molecule has 0 radical (unpaired) electrons. The van der Waals surface area contributed by atoms with E-state index >= 15 is 0 Å². The van der Waals surface area contributed by atoms with Crippen molar-refractivity contribution in [1.29, 1.82) is 0 Å². The lowest BCUT2D eigenvalue weighted by atomic mass is 9.42. The maximum Gasteiger partial charge on any atom is 0.338 e. The van der Waals surface area contributed by atoms with Gasteiger partial charge in [-0.25, -0.2) is 4.79 Å². The monoisotopic (exact) mass is 589 g/mol. The smallest absolute Gasteiger partial charge is 0.338 e. The van der Waals surface area contributed by atoms with Crippen LogP contribution >= 0.6 is 0 Å². The summed E-state index contributed by atoms with van der Waals surface area (Å²) in [5, 5.41) is 49.4. The predicted molar refractivity (Wildman–Crippen MR) is 146 cm³/mol. The molecule has 11 heteroatoms. The van der Waals surface area contributed by atoms with E-state index in [-0.39, 0.29) is 25.0 Å². The van der Waals surface area contributed by atoms with E-state index in [2.05, 4.69) is 4.90 Å². The maximum absolute atomic E-state index is 13.5. The van der Waals surface area contributed by atoms with Crippen LogP contribution in [-0.4, -0.2) is 134 Å². The van der Waals surface area contributed by atoms with Gasteiger partial charge in [-0.3, -0.25) is 0 Å². The molecule has 1 aliphatic heterocycles. The Balaban J connectivity index is 1.47. The molecule has 1 saturated heterocycles. The van der Waals surface area contributed by atoms with Gasteiger partial charge in [0.1, 0.15) is 29.5 Å². The summed E-state index contributed by atoms with van der Waals surface area (Å²) in [6.07, 6.45) is -5.28. The minimum Gasteiger partial charge on any atom is -0.455 e. The van der Waals surface area contributed by atoms with Crippen molar-refractivity contribution in [3.8, 4) is 0 Å². The van der Waals surface area contributed by atoms with E-state index < -0.39 is 82.4 Å². The third-order valence-electron chi connectivity index (χ3n) is 12.6. The SMILES string of the molecule is COC[C@]12CN(C)[C@@H]3[C@@H]4[C@H](OC)[C@H]1[C@@]3([C@@H](OC)C[C@H]2O)[C@@H]1C[C@]2(O)[C@H](OC(=O)c3ccccc3)[C@@H]1[C@]4(O)[C@@H](O)[C@@H]2OC. The Labute approximate surface area is 245 Å². The Morgan fingerprint density at radius 2 is 1.71 bits per heavy atom. The highest BCUT2D eigenvalue weighted by Crippen LogP contribution is 2.80. The molecule has 4 N–H and O–H groups in total. The van der Waals surface area contributed by atoms with E-state index in [1.807, 2.05) is 7.05 Å². The number of rotatable bonds is 7. The highest BCUT2D eigenvalue weighted by molar-refractivity contribution is 5.89. The van der Waals surface area contributed by atoms with E-state index in [9.17, 15) is 25.2 Å². The van der Waals surface area contributed by atoms with Gasteiger partial charge < -0.3 is 49.0 Å². The molecule has 1 heterocycles. The molecule has 11 nitrogen and oxygen atoms in total.